The van der Waals surface area contributed by atoms with Gasteiger partial charge in [-0.2, -0.15) is 13.2 Å². The lowest BCUT2D eigenvalue weighted by atomic mass is 9.43. The van der Waals surface area contributed by atoms with E-state index in [0.29, 0.717) is 5.78 Å². The number of rotatable bonds is 6. The molecule has 0 amide bonds. The van der Waals surface area contributed by atoms with Crippen LogP contribution in [0.15, 0.2) is 60.7 Å². The molecular weight excluding hydrogens is 373 g/mol. The third-order valence-electron chi connectivity index (χ3n) is 6.66. The fourth-order valence-electron chi connectivity index (χ4n) is 5.33. The molecule has 2 fully saturated rings. The monoisotopic (exact) mass is 398 g/mol. The maximum Gasteiger partial charge on any atom is 0.416 e. The second-order valence-electron chi connectivity index (χ2n) is 8.32. The highest BCUT2D eigenvalue weighted by Crippen LogP contribution is 2.64. The van der Waals surface area contributed by atoms with Crippen LogP contribution in [0.2, 0.25) is 0 Å². The van der Waals surface area contributed by atoms with Crippen molar-refractivity contribution >= 4 is 11.9 Å². The SMILES string of the molecule is O=C1[C@H]2CCC[C@]1(CCC/C=C/c1ccccc1)[C@@H]2c1ccc(C(F)(F)F)cc1. The van der Waals surface area contributed by atoms with Gasteiger partial charge in [-0.1, -0.05) is 61.0 Å². The van der Waals surface area contributed by atoms with E-state index in [1.54, 1.807) is 12.1 Å². The standard InChI is InChI=1S/C25H25F3O/c26-25(27,28)20-14-12-19(13-15-20)22-21-11-7-17-24(22,23(21)29)16-6-2-5-10-18-8-3-1-4-9-18/h1,3-5,8-10,12-15,21-22H,2,6-7,11,16-17H2/b10-5+/t21-,22+,24+/m0/s1. The lowest BCUT2D eigenvalue weighted by Gasteiger charge is -2.58. The molecule has 0 saturated heterocycles. The van der Waals surface area contributed by atoms with Gasteiger partial charge in [0.2, 0.25) is 0 Å². The van der Waals surface area contributed by atoms with Crippen molar-refractivity contribution < 1.29 is 18.0 Å². The molecule has 0 heterocycles. The largest absolute Gasteiger partial charge is 0.416 e. The van der Waals surface area contributed by atoms with Crippen LogP contribution < -0.4 is 0 Å². The molecule has 4 heteroatoms. The van der Waals surface area contributed by atoms with Crippen molar-refractivity contribution in [3.8, 4) is 0 Å². The van der Waals surface area contributed by atoms with E-state index in [4.69, 9.17) is 0 Å². The molecule has 4 rings (SSSR count). The van der Waals surface area contributed by atoms with E-state index in [2.05, 4.69) is 24.3 Å². The van der Waals surface area contributed by atoms with Crippen LogP contribution in [-0.4, -0.2) is 5.78 Å². The zero-order valence-corrected chi connectivity index (χ0v) is 16.3. The van der Waals surface area contributed by atoms with Crippen molar-refractivity contribution in [2.24, 2.45) is 11.3 Å². The van der Waals surface area contributed by atoms with Crippen LogP contribution in [0.3, 0.4) is 0 Å². The van der Waals surface area contributed by atoms with Crippen LogP contribution in [0.1, 0.15) is 61.1 Å². The summed E-state index contributed by atoms with van der Waals surface area (Å²) in [5.41, 5.74) is 1.05. The fourth-order valence-corrected chi connectivity index (χ4v) is 5.33. The minimum atomic E-state index is -4.33. The summed E-state index contributed by atoms with van der Waals surface area (Å²) in [6, 6.07) is 15.6. The molecule has 0 unspecified atom stereocenters. The Morgan fingerprint density at radius 2 is 1.76 bits per heavy atom. The van der Waals surface area contributed by atoms with Crippen LogP contribution in [0.4, 0.5) is 13.2 Å². The molecule has 0 radical (unpaired) electrons. The summed E-state index contributed by atoms with van der Waals surface area (Å²) in [7, 11) is 0. The first kappa shape index (κ1) is 19.9. The first-order valence-corrected chi connectivity index (χ1v) is 10.3. The molecule has 2 bridgehead atoms. The van der Waals surface area contributed by atoms with Crippen molar-refractivity contribution in [3.05, 3.63) is 77.4 Å². The van der Waals surface area contributed by atoms with E-state index in [-0.39, 0.29) is 17.3 Å². The second kappa shape index (κ2) is 7.81. The maximum absolute atomic E-state index is 12.9. The van der Waals surface area contributed by atoms with Gasteiger partial charge in [-0.15, -0.1) is 0 Å². The zero-order chi connectivity index (χ0) is 20.5. The molecule has 0 N–H and O–H groups in total. The minimum absolute atomic E-state index is 0.0136. The first-order valence-electron chi connectivity index (χ1n) is 10.3. The third-order valence-corrected chi connectivity index (χ3v) is 6.66. The minimum Gasteiger partial charge on any atom is -0.299 e. The summed E-state index contributed by atoms with van der Waals surface area (Å²) in [5.74, 6) is 0.394. The molecular formula is C25H25F3O. The predicted octanol–water partition coefficient (Wildman–Crippen LogP) is 7.04. The van der Waals surface area contributed by atoms with E-state index in [1.807, 2.05) is 18.2 Å². The van der Waals surface area contributed by atoms with Crippen LogP contribution in [-0.2, 0) is 11.0 Å². The fraction of sp³-hybridized carbons (Fsp3) is 0.400. The lowest BCUT2D eigenvalue weighted by molar-refractivity contribution is -0.158. The summed E-state index contributed by atoms with van der Waals surface area (Å²) in [6.45, 7) is 0. The van der Waals surface area contributed by atoms with Gasteiger partial charge in [-0.3, -0.25) is 4.79 Å². The Bertz CT molecular complexity index is 883. The highest BCUT2D eigenvalue weighted by molar-refractivity contribution is 5.96. The smallest absolute Gasteiger partial charge is 0.299 e. The molecule has 1 nitrogen and oxygen atoms in total. The molecule has 2 saturated carbocycles. The van der Waals surface area contributed by atoms with Crippen molar-refractivity contribution in [1.82, 2.24) is 0 Å². The van der Waals surface area contributed by atoms with Gasteiger partial charge in [0.25, 0.3) is 0 Å². The van der Waals surface area contributed by atoms with Crippen LogP contribution >= 0.6 is 0 Å². The summed E-state index contributed by atoms with van der Waals surface area (Å²) in [6.07, 6.45) is 5.29. The molecule has 2 aromatic rings. The van der Waals surface area contributed by atoms with Crippen LogP contribution in [0, 0.1) is 11.3 Å². The predicted molar refractivity (Wildman–Crippen MR) is 108 cm³/mol. The Kier molecular flexibility index (Phi) is 5.37. The molecule has 2 aromatic carbocycles. The Balaban J connectivity index is 1.44. The Morgan fingerprint density at radius 1 is 1.03 bits per heavy atom. The summed E-state index contributed by atoms with van der Waals surface area (Å²) < 4.78 is 38.7. The number of halogens is 3. The highest BCUT2D eigenvalue weighted by atomic mass is 19.4. The number of carbonyl (C=O) groups excluding carboxylic acids is 1. The summed E-state index contributed by atoms with van der Waals surface area (Å²) in [5, 5.41) is 0. The van der Waals surface area contributed by atoms with Crippen molar-refractivity contribution in [1.29, 1.82) is 0 Å². The third kappa shape index (κ3) is 3.77. The van der Waals surface area contributed by atoms with Crippen molar-refractivity contribution in [2.45, 2.75) is 50.6 Å². The van der Waals surface area contributed by atoms with Gasteiger partial charge in [0.1, 0.15) is 5.78 Å². The summed E-state index contributed by atoms with van der Waals surface area (Å²) >= 11 is 0. The number of ketones is 1. The second-order valence-corrected chi connectivity index (χ2v) is 8.32. The molecule has 2 aliphatic rings. The van der Waals surface area contributed by atoms with Crippen molar-refractivity contribution in [2.75, 3.05) is 0 Å². The van der Waals surface area contributed by atoms with Gasteiger partial charge in [0, 0.05) is 17.3 Å². The molecule has 152 valence electrons. The average molecular weight is 398 g/mol. The maximum atomic E-state index is 12.9. The quantitative estimate of drug-likeness (QED) is 0.477. The molecule has 2 aliphatic carbocycles. The van der Waals surface area contributed by atoms with Crippen LogP contribution in [0.25, 0.3) is 6.08 Å². The van der Waals surface area contributed by atoms with E-state index >= 15 is 0 Å². The van der Waals surface area contributed by atoms with E-state index in [9.17, 15) is 18.0 Å². The van der Waals surface area contributed by atoms with Crippen molar-refractivity contribution in [3.63, 3.8) is 0 Å². The van der Waals surface area contributed by atoms with E-state index < -0.39 is 11.7 Å². The van der Waals surface area contributed by atoms with Gasteiger partial charge in [0.05, 0.1) is 5.56 Å². The lowest BCUT2D eigenvalue weighted by Crippen LogP contribution is -2.58. The molecule has 0 spiro atoms. The number of hydrogen-bond acceptors (Lipinski definition) is 1. The number of unbranched alkanes of at least 4 members (excludes halogenated alkanes) is 1. The number of allylic oxidation sites excluding steroid dienone is 1. The zero-order valence-electron chi connectivity index (χ0n) is 16.3. The molecule has 29 heavy (non-hydrogen) atoms. The number of carbonyl (C=O) groups is 1. The number of benzene rings is 2. The van der Waals surface area contributed by atoms with Gasteiger partial charge in [0.15, 0.2) is 0 Å². The van der Waals surface area contributed by atoms with Gasteiger partial charge >= 0.3 is 6.18 Å². The number of Topliss-reactive ketones (excluding diaryl/α,β-unsaturated/α-hetero) is 1. The highest BCUT2D eigenvalue weighted by Gasteiger charge is 2.62. The Hall–Kier alpha value is -2.36. The molecule has 0 aromatic heterocycles. The van der Waals surface area contributed by atoms with Gasteiger partial charge < -0.3 is 0 Å². The first-order chi connectivity index (χ1) is 13.9. The Labute approximate surface area is 169 Å². The van der Waals surface area contributed by atoms with E-state index in [1.165, 1.54) is 0 Å². The number of alkyl halides is 3. The summed E-state index contributed by atoms with van der Waals surface area (Å²) in [4.78, 5) is 12.9. The van der Waals surface area contributed by atoms with E-state index in [0.717, 1.165) is 61.8 Å². The van der Waals surface area contributed by atoms with Crippen LogP contribution in [0.5, 0.6) is 0 Å². The van der Waals surface area contributed by atoms with Gasteiger partial charge in [-0.25, -0.2) is 0 Å². The van der Waals surface area contributed by atoms with Gasteiger partial charge in [-0.05, 0) is 55.4 Å². The number of hydrogen-bond donors (Lipinski definition) is 0. The topological polar surface area (TPSA) is 17.1 Å². The molecule has 3 atom stereocenters. The average Bonchev–Trinajstić information content (AvgIpc) is 2.73. The molecule has 0 aliphatic heterocycles. The number of fused-ring (bicyclic) bond motifs is 2. The normalized spacial score (nSPS) is 26.5. The Morgan fingerprint density at radius 3 is 2.41 bits per heavy atom.